The van der Waals surface area contributed by atoms with Gasteiger partial charge in [0.1, 0.15) is 0 Å². The summed E-state index contributed by atoms with van der Waals surface area (Å²) in [4.78, 5) is 0. The van der Waals surface area contributed by atoms with Crippen LogP contribution < -0.4 is 0 Å². The number of aliphatic hydroxyl groups excluding tert-OH is 1. The van der Waals surface area contributed by atoms with Gasteiger partial charge in [-0.15, -0.1) is 0 Å². The van der Waals surface area contributed by atoms with Crippen molar-refractivity contribution < 1.29 is 9.84 Å². The molecule has 0 amide bonds. The van der Waals surface area contributed by atoms with E-state index in [4.69, 9.17) is 9.84 Å². The molecule has 0 aromatic rings. The predicted octanol–water partition coefficient (Wildman–Crippen LogP) is 4.30. The molecule has 0 aliphatic heterocycles. The fourth-order valence-corrected chi connectivity index (χ4v) is 1.91. The summed E-state index contributed by atoms with van der Waals surface area (Å²) in [6.07, 6.45) is 12.2. The zero-order valence-electron chi connectivity index (χ0n) is 11.9. The van der Waals surface area contributed by atoms with Gasteiger partial charge in [0.05, 0.1) is 6.10 Å². The lowest BCUT2D eigenvalue weighted by molar-refractivity contribution is 0.125. The maximum Gasteiger partial charge on any atom is 0.0512 e. The monoisotopic (exact) mass is 244 g/mol. The topological polar surface area (TPSA) is 29.5 Å². The van der Waals surface area contributed by atoms with E-state index in [0.29, 0.717) is 0 Å². The largest absolute Gasteiger partial charge is 0.393 e. The highest BCUT2D eigenvalue weighted by molar-refractivity contribution is 4.49. The van der Waals surface area contributed by atoms with E-state index in [1.807, 2.05) is 6.92 Å². The van der Waals surface area contributed by atoms with Crippen LogP contribution in [-0.2, 0) is 4.74 Å². The molecule has 0 aromatic heterocycles. The Bertz CT molecular complexity index is 135. The average molecular weight is 244 g/mol. The fraction of sp³-hybridized carbons (Fsp3) is 1.00. The highest BCUT2D eigenvalue weighted by atomic mass is 16.5. The number of aliphatic hydroxyl groups is 1. The molecule has 0 aliphatic rings. The summed E-state index contributed by atoms with van der Waals surface area (Å²) in [5.74, 6) is 0. The normalized spacial score (nSPS) is 12.9. The Kier molecular flexibility index (Phi) is 13.9. The molecule has 0 rings (SSSR count). The molecule has 1 atom stereocenters. The summed E-state index contributed by atoms with van der Waals surface area (Å²) < 4.78 is 5.59. The number of unbranched alkanes of at least 4 members (excludes halogenated alkanes) is 7. The molecule has 0 heterocycles. The molecule has 0 aromatic carbocycles. The summed E-state index contributed by atoms with van der Waals surface area (Å²) >= 11 is 0. The van der Waals surface area contributed by atoms with Gasteiger partial charge in [0.15, 0.2) is 0 Å². The lowest BCUT2D eigenvalue weighted by atomic mass is 10.1. The first-order chi connectivity index (χ1) is 8.27. The van der Waals surface area contributed by atoms with E-state index in [9.17, 15) is 0 Å². The first-order valence-corrected chi connectivity index (χ1v) is 7.53. The lowest BCUT2D eigenvalue weighted by Crippen LogP contribution is -1.99. The van der Waals surface area contributed by atoms with Gasteiger partial charge in [-0.05, 0) is 26.2 Å². The Balaban J connectivity index is 2.89. The van der Waals surface area contributed by atoms with Crippen LogP contribution in [0.5, 0.6) is 0 Å². The van der Waals surface area contributed by atoms with Crippen LogP contribution in [0.1, 0.15) is 78.1 Å². The van der Waals surface area contributed by atoms with Crippen LogP contribution >= 0.6 is 0 Å². The minimum Gasteiger partial charge on any atom is -0.393 e. The SMILES string of the molecule is CCCCCCCOCCCCCCC(C)O. The molecule has 0 aliphatic carbocycles. The molecule has 1 N–H and O–H groups in total. The average Bonchev–Trinajstić information content (AvgIpc) is 2.30. The summed E-state index contributed by atoms with van der Waals surface area (Å²) in [7, 11) is 0. The molecule has 17 heavy (non-hydrogen) atoms. The van der Waals surface area contributed by atoms with Gasteiger partial charge in [-0.1, -0.05) is 51.9 Å². The Morgan fingerprint density at radius 1 is 0.824 bits per heavy atom. The van der Waals surface area contributed by atoms with Crippen LogP contribution in [0.2, 0.25) is 0 Å². The van der Waals surface area contributed by atoms with Crippen LogP contribution in [0.25, 0.3) is 0 Å². The van der Waals surface area contributed by atoms with Crippen LogP contribution in [0.3, 0.4) is 0 Å². The van der Waals surface area contributed by atoms with Crippen LogP contribution in [0, 0.1) is 0 Å². The van der Waals surface area contributed by atoms with E-state index in [-0.39, 0.29) is 6.10 Å². The number of hydrogen-bond acceptors (Lipinski definition) is 2. The molecular formula is C15H32O2. The van der Waals surface area contributed by atoms with Crippen molar-refractivity contribution in [2.24, 2.45) is 0 Å². The van der Waals surface area contributed by atoms with Gasteiger partial charge in [-0.3, -0.25) is 0 Å². The molecular weight excluding hydrogens is 212 g/mol. The highest BCUT2D eigenvalue weighted by Crippen LogP contribution is 2.06. The maximum atomic E-state index is 9.09. The molecule has 1 unspecified atom stereocenters. The second-order valence-electron chi connectivity index (χ2n) is 5.08. The van der Waals surface area contributed by atoms with Gasteiger partial charge in [0, 0.05) is 13.2 Å². The second kappa shape index (κ2) is 14.0. The molecule has 0 bridgehead atoms. The zero-order chi connectivity index (χ0) is 12.8. The van der Waals surface area contributed by atoms with E-state index in [2.05, 4.69) is 6.92 Å². The van der Waals surface area contributed by atoms with E-state index in [1.165, 1.54) is 51.4 Å². The third-order valence-corrected chi connectivity index (χ3v) is 3.05. The van der Waals surface area contributed by atoms with E-state index >= 15 is 0 Å². The van der Waals surface area contributed by atoms with Crippen LogP contribution in [-0.4, -0.2) is 24.4 Å². The number of ether oxygens (including phenoxy) is 1. The third kappa shape index (κ3) is 15.9. The van der Waals surface area contributed by atoms with Crippen molar-refractivity contribution in [2.45, 2.75) is 84.2 Å². The maximum absolute atomic E-state index is 9.09. The number of rotatable bonds is 13. The molecule has 0 spiro atoms. The summed E-state index contributed by atoms with van der Waals surface area (Å²) in [5, 5.41) is 9.09. The first kappa shape index (κ1) is 16.9. The van der Waals surface area contributed by atoms with Crippen molar-refractivity contribution >= 4 is 0 Å². The van der Waals surface area contributed by atoms with Crippen molar-refractivity contribution in [3.8, 4) is 0 Å². The Morgan fingerprint density at radius 3 is 1.88 bits per heavy atom. The van der Waals surface area contributed by atoms with Crippen LogP contribution in [0.4, 0.5) is 0 Å². The standard InChI is InChI=1S/C15H32O2/c1-3-4-5-7-10-13-17-14-11-8-6-9-12-15(2)16/h15-16H,3-14H2,1-2H3. The highest BCUT2D eigenvalue weighted by Gasteiger charge is 1.96. The molecule has 0 fully saturated rings. The van der Waals surface area contributed by atoms with E-state index in [0.717, 1.165) is 26.1 Å². The molecule has 0 saturated heterocycles. The van der Waals surface area contributed by atoms with E-state index < -0.39 is 0 Å². The summed E-state index contributed by atoms with van der Waals surface area (Å²) in [6.45, 7) is 5.97. The molecule has 0 saturated carbocycles. The molecule has 2 nitrogen and oxygen atoms in total. The van der Waals surface area contributed by atoms with Crippen molar-refractivity contribution in [2.75, 3.05) is 13.2 Å². The Labute approximate surface area is 108 Å². The minimum atomic E-state index is -0.130. The van der Waals surface area contributed by atoms with Gasteiger partial charge in [0.2, 0.25) is 0 Å². The Hall–Kier alpha value is -0.0800. The van der Waals surface area contributed by atoms with Gasteiger partial charge in [0.25, 0.3) is 0 Å². The van der Waals surface area contributed by atoms with Crippen molar-refractivity contribution in [1.29, 1.82) is 0 Å². The first-order valence-electron chi connectivity index (χ1n) is 7.53. The lowest BCUT2D eigenvalue weighted by Gasteiger charge is -2.05. The van der Waals surface area contributed by atoms with Crippen LogP contribution in [0.15, 0.2) is 0 Å². The summed E-state index contributed by atoms with van der Waals surface area (Å²) in [5.41, 5.74) is 0. The zero-order valence-corrected chi connectivity index (χ0v) is 11.9. The Morgan fingerprint density at radius 2 is 1.35 bits per heavy atom. The quantitative estimate of drug-likeness (QED) is 0.489. The molecule has 0 radical (unpaired) electrons. The smallest absolute Gasteiger partial charge is 0.0512 e. The van der Waals surface area contributed by atoms with Crippen molar-refractivity contribution in [3.05, 3.63) is 0 Å². The van der Waals surface area contributed by atoms with Gasteiger partial charge < -0.3 is 9.84 Å². The van der Waals surface area contributed by atoms with Crippen molar-refractivity contribution in [1.82, 2.24) is 0 Å². The fourth-order valence-electron chi connectivity index (χ4n) is 1.91. The second-order valence-corrected chi connectivity index (χ2v) is 5.08. The molecule has 2 heteroatoms. The van der Waals surface area contributed by atoms with Gasteiger partial charge in [-0.2, -0.15) is 0 Å². The third-order valence-electron chi connectivity index (χ3n) is 3.05. The van der Waals surface area contributed by atoms with E-state index in [1.54, 1.807) is 0 Å². The molecule has 104 valence electrons. The number of hydrogen-bond donors (Lipinski definition) is 1. The van der Waals surface area contributed by atoms with Gasteiger partial charge >= 0.3 is 0 Å². The predicted molar refractivity (Wildman–Crippen MR) is 74.3 cm³/mol. The van der Waals surface area contributed by atoms with Crippen molar-refractivity contribution in [3.63, 3.8) is 0 Å². The summed E-state index contributed by atoms with van der Waals surface area (Å²) in [6, 6.07) is 0. The minimum absolute atomic E-state index is 0.130. The van der Waals surface area contributed by atoms with Gasteiger partial charge in [-0.25, -0.2) is 0 Å².